The molecule has 0 saturated carbocycles. The Morgan fingerprint density at radius 3 is 2.88 bits per heavy atom. The molecule has 2 rings (SSSR count). The first-order chi connectivity index (χ1) is 8.06. The molecular formula is C11H11ClFN3O. The van der Waals surface area contributed by atoms with E-state index in [4.69, 9.17) is 11.6 Å². The van der Waals surface area contributed by atoms with Crippen molar-refractivity contribution >= 4 is 11.6 Å². The van der Waals surface area contributed by atoms with Crippen LogP contribution in [-0.4, -0.2) is 20.1 Å². The van der Waals surface area contributed by atoms with Gasteiger partial charge in [0.05, 0.1) is 11.8 Å². The first-order valence-corrected chi connectivity index (χ1v) is 5.42. The molecule has 2 aromatic rings. The number of aliphatic hydroxyl groups excluding tert-OH is 1. The summed E-state index contributed by atoms with van der Waals surface area (Å²) in [4.78, 5) is 0. The van der Waals surface area contributed by atoms with Crippen LogP contribution in [0.15, 0.2) is 24.4 Å². The van der Waals surface area contributed by atoms with Crippen molar-refractivity contribution in [1.82, 2.24) is 15.0 Å². The van der Waals surface area contributed by atoms with E-state index in [-0.39, 0.29) is 5.02 Å². The molecule has 1 atom stereocenters. The lowest BCUT2D eigenvalue weighted by molar-refractivity contribution is 0.177. The van der Waals surface area contributed by atoms with Gasteiger partial charge in [-0.1, -0.05) is 22.9 Å². The lowest BCUT2D eigenvalue weighted by Gasteiger charge is -2.10. The third-order valence-electron chi connectivity index (χ3n) is 2.37. The van der Waals surface area contributed by atoms with Gasteiger partial charge in [-0.2, -0.15) is 0 Å². The highest BCUT2D eigenvalue weighted by Crippen LogP contribution is 2.25. The van der Waals surface area contributed by atoms with Crippen LogP contribution in [-0.2, 0) is 13.5 Å². The molecule has 0 aliphatic heterocycles. The molecule has 0 aliphatic rings. The van der Waals surface area contributed by atoms with Crippen molar-refractivity contribution in [2.45, 2.75) is 12.5 Å². The second kappa shape index (κ2) is 4.81. The summed E-state index contributed by atoms with van der Waals surface area (Å²) in [6, 6.07) is 3.91. The van der Waals surface area contributed by atoms with Crippen molar-refractivity contribution < 1.29 is 9.50 Å². The Bertz CT molecular complexity index is 529. The van der Waals surface area contributed by atoms with E-state index < -0.39 is 11.9 Å². The minimum absolute atomic E-state index is 0.210. The van der Waals surface area contributed by atoms with Gasteiger partial charge in [-0.05, 0) is 17.7 Å². The van der Waals surface area contributed by atoms with Crippen molar-refractivity contribution in [2.24, 2.45) is 7.05 Å². The van der Waals surface area contributed by atoms with Crippen LogP contribution in [0, 0.1) is 5.82 Å². The molecule has 6 heteroatoms. The van der Waals surface area contributed by atoms with E-state index >= 15 is 0 Å². The van der Waals surface area contributed by atoms with Crippen LogP contribution in [0.2, 0.25) is 5.02 Å². The zero-order valence-electron chi connectivity index (χ0n) is 9.14. The molecule has 0 bridgehead atoms. The predicted octanol–water partition coefficient (Wildman–Crippen LogP) is 1.88. The fourth-order valence-corrected chi connectivity index (χ4v) is 1.86. The average molecular weight is 256 g/mol. The van der Waals surface area contributed by atoms with Gasteiger partial charge in [0.1, 0.15) is 5.82 Å². The molecule has 1 aromatic heterocycles. The van der Waals surface area contributed by atoms with Crippen LogP contribution in [0.1, 0.15) is 17.4 Å². The van der Waals surface area contributed by atoms with E-state index in [0.29, 0.717) is 17.7 Å². The Morgan fingerprint density at radius 1 is 1.53 bits per heavy atom. The minimum atomic E-state index is -0.820. The molecule has 17 heavy (non-hydrogen) atoms. The Morgan fingerprint density at radius 2 is 2.29 bits per heavy atom. The van der Waals surface area contributed by atoms with Crippen molar-refractivity contribution in [3.63, 3.8) is 0 Å². The van der Waals surface area contributed by atoms with Crippen LogP contribution in [0.3, 0.4) is 0 Å². The summed E-state index contributed by atoms with van der Waals surface area (Å²) in [6.45, 7) is 0. The van der Waals surface area contributed by atoms with Crippen molar-refractivity contribution in [3.8, 4) is 0 Å². The normalized spacial score (nSPS) is 12.7. The number of nitrogens with zero attached hydrogens (tertiary/aromatic N) is 3. The third-order valence-corrected chi connectivity index (χ3v) is 2.70. The monoisotopic (exact) mass is 255 g/mol. The van der Waals surface area contributed by atoms with Crippen molar-refractivity contribution in [2.75, 3.05) is 0 Å². The molecule has 0 aliphatic carbocycles. The first-order valence-electron chi connectivity index (χ1n) is 5.04. The molecule has 1 unspecified atom stereocenters. The van der Waals surface area contributed by atoms with E-state index in [1.807, 2.05) is 0 Å². The highest BCUT2D eigenvalue weighted by Gasteiger charge is 2.14. The number of hydrogen-bond acceptors (Lipinski definition) is 3. The van der Waals surface area contributed by atoms with Crippen LogP contribution >= 0.6 is 11.6 Å². The molecule has 0 spiro atoms. The minimum Gasteiger partial charge on any atom is -0.388 e. The van der Waals surface area contributed by atoms with Crippen LogP contribution in [0.4, 0.5) is 4.39 Å². The second-order valence-electron chi connectivity index (χ2n) is 3.77. The lowest BCUT2D eigenvalue weighted by Crippen LogP contribution is -2.03. The van der Waals surface area contributed by atoms with Gasteiger partial charge in [-0.25, -0.2) is 4.39 Å². The Balaban J connectivity index is 2.17. The fraction of sp³-hybridized carbons (Fsp3) is 0.273. The number of benzene rings is 1. The van der Waals surface area contributed by atoms with Crippen molar-refractivity contribution in [3.05, 3.63) is 46.5 Å². The molecule has 1 heterocycles. The highest BCUT2D eigenvalue weighted by molar-refractivity contribution is 6.31. The zero-order chi connectivity index (χ0) is 12.4. The topological polar surface area (TPSA) is 50.9 Å². The Labute approximate surface area is 103 Å². The highest BCUT2D eigenvalue weighted by atomic mass is 35.5. The maximum atomic E-state index is 12.8. The molecule has 1 aromatic carbocycles. The van der Waals surface area contributed by atoms with E-state index in [0.717, 1.165) is 0 Å². The number of halogens is 2. The number of aliphatic hydroxyl groups is 1. The second-order valence-corrected chi connectivity index (χ2v) is 4.18. The standard InChI is InChI=1S/C11H11ClFN3O/c1-16-6-8(14-15-16)5-11(17)9-3-2-7(13)4-10(9)12/h2-4,6,11,17H,5H2,1H3. The Hall–Kier alpha value is -1.46. The molecule has 1 N–H and O–H groups in total. The lowest BCUT2D eigenvalue weighted by atomic mass is 10.1. The van der Waals surface area contributed by atoms with Gasteiger partial charge in [-0.15, -0.1) is 5.10 Å². The van der Waals surface area contributed by atoms with Gasteiger partial charge >= 0.3 is 0 Å². The first kappa shape index (κ1) is 12.0. The van der Waals surface area contributed by atoms with Gasteiger partial charge < -0.3 is 5.11 Å². The maximum absolute atomic E-state index is 12.8. The summed E-state index contributed by atoms with van der Waals surface area (Å²) >= 11 is 5.85. The SMILES string of the molecule is Cn1cc(CC(O)c2ccc(F)cc2Cl)nn1. The molecular weight excluding hydrogens is 245 g/mol. The quantitative estimate of drug-likeness (QED) is 0.911. The van der Waals surface area contributed by atoms with Gasteiger partial charge in [-0.3, -0.25) is 4.68 Å². The van der Waals surface area contributed by atoms with Crippen LogP contribution < -0.4 is 0 Å². The zero-order valence-corrected chi connectivity index (χ0v) is 9.89. The third kappa shape index (κ3) is 2.81. The van der Waals surface area contributed by atoms with E-state index in [2.05, 4.69) is 10.3 Å². The number of hydrogen-bond donors (Lipinski definition) is 1. The summed E-state index contributed by atoms with van der Waals surface area (Å²) in [5, 5.41) is 17.8. The van der Waals surface area contributed by atoms with E-state index in [9.17, 15) is 9.50 Å². The van der Waals surface area contributed by atoms with E-state index in [1.54, 1.807) is 17.9 Å². The molecule has 4 nitrogen and oxygen atoms in total. The van der Waals surface area contributed by atoms with Crippen molar-refractivity contribution in [1.29, 1.82) is 0 Å². The largest absolute Gasteiger partial charge is 0.388 e. The number of aryl methyl sites for hydroxylation is 1. The summed E-state index contributed by atoms with van der Waals surface area (Å²) in [6.07, 6.45) is 1.18. The number of rotatable bonds is 3. The molecule has 0 radical (unpaired) electrons. The van der Waals surface area contributed by atoms with Crippen LogP contribution in [0.25, 0.3) is 0 Å². The Kier molecular flexibility index (Phi) is 3.40. The van der Waals surface area contributed by atoms with Crippen LogP contribution in [0.5, 0.6) is 0 Å². The number of aromatic nitrogens is 3. The fourth-order valence-electron chi connectivity index (χ4n) is 1.57. The van der Waals surface area contributed by atoms with Gasteiger partial charge in [0.15, 0.2) is 0 Å². The molecule has 0 amide bonds. The molecule has 0 saturated heterocycles. The molecule has 0 fully saturated rings. The van der Waals surface area contributed by atoms with Gasteiger partial charge in [0, 0.05) is 24.7 Å². The van der Waals surface area contributed by atoms with Gasteiger partial charge in [0.2, 0.25) is 0 Å². The average Bonchev–Trinajstić information content (AvgIpc) is 2.63. The summed E-state index contributed by atoms with van der Waals surface area (Å²) in [5.41, 5.74) is 1.14. The predicted molar refractivity (Wildman–Crippen MR) is 61.1 cm³/mol. The maximum Gasteiger partial charge on any atom is 0.124 e. The van der Waals surface area contributed by atoms with E-state index in [1.165, 1.54) is 18.2 Å². The summed E-state index contributed by atoms with van der Waals surface area (Å²) in [7, 11) is 1.74. The smallest absolute Gasteiger partial charge is 0.124 e. The summed E-state index contributed by atoms with van der Waals surface area (Å²) < 4.78 is 14.4. The molecule has 90 valence electrons. The summed E-state index contributed by atoms with van der Waals surface area (Å²) in [5.74, 6) is -0.426. The van der Waals surface area contributed by atoms with Gasteiger partial charge in [0.25, 0.3) is 0 Å².